The van der Waals surface area contributed by atoms with E-state index in [2.05, 4.69) is 5.32 Å². The number of hydrogen-bond donors (Lipinski definition) is 1. The Morgan fingerprint density at radius 1 is 0.833 bits per heavy atom. The summed E-state index contributed by atoms with van der Waals surface area (Å²) in [6.07, 6.45) is -2.35. The number of benzene rings is 1. The quantitative estimate of drug-likeness (QED) is 0.414. The van der Waals surface area contributed by atoms with Crippen molar-refractivity contribution in [2.45, 2.75) is 64.4 Å². The van der Waals surface area contributed by atoms with Gasteiger partial charge in [-0.3, -0.25) is 19.2 Å². The van der Waals surface area contributed by atoms with Crippen LogP contribution in [0.2, 0.25) is 0 Å². The zero-order valence-electron chi connectivity index (χ0n) is 17.5. The van der Waals surface area contributed by atoms with Gasteiger partial charge in [-0.1, -0.05) is 37.3 Å². The van der Waals surface area contributed by atoms with Gasteiger partial charge in [-0.15, -0.1) is 0 Å². The second-order valence-electron chi connectivity index (χ2n) is 7.16. The number of rotatable bonds is 5. The standard InChI is InChI=1S/C20H26NO8P/c1-11-18(27-13(3)23)19(28-14(4)24)17(21-12(2)22)20(29-15(5)25)30(11,26)16-9-7-6-8-10-16/h6-11,17-20H,1-5H3,(H,21,22)/t11-,17-,18+,19-,20-,30+/m0/s1. The summed E-state index contributed by atoms with van der Waals surface area (Å²) in [6.45, 7) is 6.30. The largest absolute Gasteiger partial charge is 0.458 e. The van der Waals surface area contributed by atoms with Crippen molar-refractivity contribution in [3.63, 3.8) is 0 Å². The monoisotopic (exact) mass is 439 g/mol. The molecule has 10 heteroatoms. The van der Waals surface area contributed by atoms with Crippen molar-refractivity contribution < 1.29 is 38.0 Å². The van der Waals surface area contributed by atoms with E-state index in [0.29, 0.717) is 5.30 Å². The van der Waals surface area contributed by atoms with Gasteiger partial charge in [0.05, 0.1) is 5.66 Å². The molecule has 0 unspecified atom stereocenters. The summed E-state index contributed by atoms with van der Waals surface area (Å²) in [5, 5.41) is 2.97. The Kier molecular flexibility index (Phi) is 7.42. The van der Waals surface area contributed by atoms with E-state index in [4.69, 9.17) is 14.2 Å². The van der Waals surface area contributed by atoms with Crippen molar-refractivity contribution in [1.82, 2.24) is 5.32 Å². The molecule has 0 radical (unpaired) electrons. The predicted octanol–water partition coefficient (Wildman–Crippen LogP) is 1.33. The third kappa shape index (κ3) is 4.90. The van der Waals surface area contributed by atoms with Crippen molar-refractivity contribution in [3.8, 4) is 0 Å². The molecule has 164 valence electrons. The Morgan fingerprint density at radius 2 is 1.33 bits per heavy atom. The molecule has 0 spiro atoms. The lowest BCUT2D eigenvalue weighted by atomic mass is 10.0. The molecule has 1 aliphatic heterocycles. The van der Waals surface area contributed by atoms with Gasteiger partial charge in [-0.2, -0.15) is 0 Å². The highest BCUT2D eigenvalue weighted by molar-refractivity contribution is 7.73. The second kappa shape index (κ2) is 9.43. The maximum atomic E-state index is 14.5. The van der Waals surface area contributed by atoms with Crippen LogP contribution in [0, 0.1) is 0 Å². The number of ether oxygens (including phenoxy) is 3. The highest BCUT2D eigenvalue weighted by Gasteiger charge is 2.61. The number of hydrogen-bond acceptors (Lipinski definition) is 8. The normalized spacial score (nSPS) is 30.6. The van der Waals surface area contributed by atoms with Gasteiger partial charge in [0.1, 0.15) is 6.04 Å². The van der Waals surface area contributed by atoms with Gasteiger partial charge in [0.2, 0.25) is 5.91 Å². The van der Waals surface area contributed by atoms with E-state index in [1.54, 1.807) is 37.3 Å². The number of carbonyl (C=O) groups excluding carboxylic acids is 4. The van der Waals surface area contributed by atoms with Crippen molar-refractivity contribution >= 4 is 36.3 Å². The molecule has 1 amide bonds. The first-order valence-corrected chi connectivity index (χ1v) is 11.3. The van der Waals surface area contributed by atoms with Gasteiger partial charge in [-0.05, 0) is 0 Å². The fraction of sp³-hybridized carbons (Fsp3) is 0.500. The Morgan fingerprint density at radius 3 is 1.80 bits per heavy atom. The molecule has 1 N–H and O–H groups in total. The van der Waals surface area contributed by atoms with Crippen LogP contribution in [0.3, 0.4) is 0 Å². The predicted molar refractivity (Wildman–Crippen MR) is 107 cm³/mol. The van der Waals surface area contributed by atoms with Gasteiger partial charge in [0.25, 0.3) is 0 Å². The lowest BCUT2D eigenvalue weighted by Crippen LogP contribution is -2.64. The zero-order chi connectivity index (χ0) is 22.6. The number of nitrogens with one attached hydrogen (secondary N) is 1. The van der Waals surface area contributed by atoms with E-state index < -0.39 is 60.7 Å². The third-order valence-electron chi connectivity index (χ3n) is 4.86. The molecule has 9 nitrogen and oxygen atoms in total. The average Bonchev–Trinajstić information content (AvgIpc) is 2.65. The first kappa shape index (κ1) is 23.6. The zero-order valence-corrected chi connectivity index (χ0v) is 18.4. The molecule has 1 aromatic carbocycles. The maximum Gasteiger partial charge on any atom is 0.303 e. The van der Waals surface area contributed by atoms with Gasteiger partial charge < -0.3 is 24.1 Å². The second-order valence-corrected chi connectivity index (χ2v) is 10.4. The minimum Gasteiger partial charge on any atom is -0.458 e. The smallest absolute Gasteiger partial charge is 0.303 e. The van der Waals surface area contributed by atoms with Crippen LogP contribution in [-0.4, -0.2) is 53.6 Å². The molecule has 1 heterocycles. The molecule has 1 aliphatic rings. The van der Waals surface area contributed by atoms with Crippen molar-refractivity contribution in [3.05, 3.63) is 30.3 Å². The van der Waals surface area contributed by atoms with Gasteiger partial charge in [-0.25, -0.2) is 0 Å². The third-order valence-corrected chi connectivity index (χ3v) is 8.66. The van der Waals surface area contributed by atoms with Crippen molar-refractivity contribution in [2.24, 2.45) is 0 Å². The van der Waals surface area contributed by atoms with E-state index >= 15 is 0 Å². The van der Waals surface area contributed by atoms with Crippen molar-refractivity contribution in [2.75, 3.05) is 0 Å². The molecule has 0 aliphatic carbocycles. The van der Waals surface area contributed by atoms with E-state index in [1.807, 2.05) is 0 Å². The molecule has 6 atom stereocenters. The Labute approximate surface area is 174 Å². The molecule has 1 saturated heterocycles. The molecule has 30 heavy (non-hydrogen) atoms. The van der Waals surface area contributed by atoms with Gasteiger partial charge in [0, 0.05) is 33.0 Å². The van der Waals surface area contributed by atoms with Crippen molar-refractivity contribution in [1.29, 1.82) is 0 Å². The Balaban J connectivity index is 2.74. The van der Waals surface area contributed by atoms with Crippen LogP contribution >= 0.6 is 7.14 Å². The summed E-state index contributed by atoms with van der Waals surface area (Å²) < 4.78 is 30.8. The molecule has 0 aromatic heterocycles. The summed E-state index contributed by atoms with van der Waals surface area (Å²) >= 11 is 0. The Bertz CT molecular complexity index is 871. The highest BCUT2D eigenvalue weighted by atomic mass is 31.2. The van der Waals surface area contributed by atoms with Crippen LogP contribution in [0.5, 0.6) is 0 Å². The van der Waals surface area contributed by atoms with Crippen LogP contribution in [0.1, 0.15) is 34.6 Å². The summed E-state index contributed by atoms with van der Waals surface area (Å²) in [4.78, 5) is 47.4. The molecule has 2 rings (SSSR count). The first-order chi connectivity index (χ1) is 14.0. The van der Waals surface area contributed by atoms with E-state index in [9.17, 15) is 23.7 Å². The fourth-order valence-corrected chi connectivity index (χ4v) is 7.33. The number of amides is 1. The Hall–Kier alpha value is -2.67. The molecule has 0 saturated carbocycles. The minimum atomic E-state index is -3.65. The van der Waals surface area contributed by atoms with E-state index in [0.717, 1.165) is 13.8 Å². The van der Waals surface area contributed by atoms with Gasteiger partial charge >= 0.3 is 17.9 Å². The summed E-state index contributed by atoms with van der Waals surface area (Å²) in [6, 6.07) is 7.15. The van der Waals surface area contributed by atoms with Crippen LogP contribution in [0.25, 0.3) is 0 Å². The van der Waals surface area contributed by atoms with E-state index in [-0.39, 0.29) is 0 Å². The molecule has 0 bridgehead atoms. The summed E-state index contributed by atoms with van der Waals surface area (Å²) in [7, 11) is -3.65. The minimum absolute atomic E-state index is 0.387. The van der Waals surface area contributed by atoms with Crippen LogP contribution in [-0.2, 0) is 38.0 Å². The van der Waals surface area contributed by atoms with Crippen LogP contribution in [0.15, 0.2) is 30.3 Å². The lowest BCUT2D eigenvalue weighted by Gasteiger charge is -2.48. The number of esters is 3. The topological polar surface area (TPSA) is 125 Å². The summed E-state index contributed by atoms with van der Waals surface area (Å²) in [5.41, 5.74) is -0.873. The SMILES string of the molecule is CC(=O)N[C@H]1[C@H](OC(C)=O)[C@H](OC(C)=O)[C@H](C)[P@@](=O)(c2ccccc2)[C@@H]1OC(C)=O. The number of carbonyl (C=O) groups is 4. The molecule has 1 fully saturated rings. The fourth-order valence-electron chi connectivity index (χ4n) is 3.77. The lowest BCUT2D eigenvalue weighted by molar-refractivity contribution is -0.174. The molecular formula is C20H26NO8P. The van der Waals surface area contributed by atoms with Gasteiger partial charge in [0.15, 0.2) is 25.2 Å². The maximum absolute atomic E-state index is 14.5. The average molecular weight is 439 g/mol. The molecular weight excluding hydrogens is 413 g/mol. The molecule has 1 aromatic rings. The first-order valence-electron chi connectivity index (χ1n) is 9.42. The van der Waals surface area contributed by atoms with E-state index in [1.165, 1.54) is 13.8 Å². The summed E-state index contributed by atoms with van der Waals surface area (Å²) in [5.74, 6) is -3.93. The van der Waals surface area contributed by atoms with Crippen LogP contribution < -0.4 is 10.6 Å². The highest BCUT2D eigenvalue weighted by Crippen LogP contribution is 2.61. The van der Waals surface area contributed by atoms with Crippen LogP contribution in [0.4, 0.5) is 0 Å².